The molecule has 0 radical (unpaired) electrons. The van der Waals surface area contributed by atoms with Crippen molar-refractivity contribution in [2.45, 2.75) is 12.5 Å². The van der Waals surface area contributed by atoms with Gasteiger partial charge in [0.2, 0.25) is 0 Å². The number of para-hydroxylation sites is 2. The zero-order chi connectivity index (χ0) is 14.8. The summed E-state index contributed by atoms with van der Waals surface area (Å²) in [4.78, 5) is 2.04. The molecule has 0 bridgehead atoms. The van der Waals surface area contributed by atoms with E-state index in [0.29, 0.717) is 0 Å². The van der Waals surface area contributed by atoms with Crippen LogP contribution in [0.4, 0.5) is 11.4 Å². The SMILES string of the molecule is CN(C)c1c(Cl)cccc1NC1CCOc2ccccc21. The topological polar surface area (TPSA) is 24.5 Å². The van der Waals surface area contributed by atoms with E-state index in [4.69, 9.17) is 16.3 Å². The van der Waals surface area contributed by atoms with Gasteiger partial charge in [-0.2, -0.15) is 0 Å². The number of fused-ring (bicyclic) bond motifs is 1. The van der Waals surface area contributed by atoms with Gasteiger partial charge >= 0.3 is 0 Å². The molecule has 0 saturated heterocycles. The van der Waals surface area contributed by atoms with E-state index in [1.807, 2.05) is 49.3 Å². The van der Waals surface area contributed by atoms with E-state index in [-0.39, 0.29) is 6.04 Å². The molecule has 2 aromatic rings. The second-order valence-corrected chi connectivity index (χ2v) is 5.81. The minimum absolute atomic E-state index is 0.243. The van der Waals surface area contributed by atoms with Gasteiger partial charge < -0.3 is 15.0 Å². The fraction of sp³-hybridized carbons (Fsp3) is 0.294. The molecular weight excluding hydrogens is 284 g/mol. The number of hydrogen-bond acceptors (Lipinski definition) is 3. The van der Waals surface area contributed by atoms with Crippen molar-refractivity contribution >= 4 is 23.0 Å². The minimum Gasteiger partial charge on any atom is -0.493 e. The highest BCUT2D eigenvalue weighted by molar-refractivity contribution is 6.34. The Labute approximate surface area is 130 Å². The Balaban J connectivity index is 1.94. The first-order valence-electron chi connectivity index (χ1n) is 7.11. The van der Waals surface area contributed by atoms with E-state index in [1.165, 1.54) is 5.56 Å². The van der Waals surface area contributed by atoms with Gasteiger partial charge in [-0.25, -0.2) is 0 Å². The van der Waals surface area contributed by atoms with Crippen molar-refractivity contribution in [3.8, 4) is 5.75 Å². The van der Waals surface area contributed by atoms with Gasteiger partial charge in [0.05, 0.1) is 29.0 Å². The van der Waals surface area contributed by atoms with Crippen molar-refractivity contribution in [1.82, 2.24) is 0 Å². The van der Waals surface area contributed by atoms with Crippen LogP contribution in [-0.4, -0.2) is 20.7 Å². The molecule has 0 spiro atoms. The van der Waals surface area contributed by atoms with Crippen LogP contribution in [-0.2, 0) is 0 Å². The van der Waals surface area contributed by atoms with Gasteiger partial charge in [0.15, 0.2) is 0 Å². The molecule has 0 fully saturated rings. The second kappa shape index (κ2) is 5.86. The smallest absolute Gasteiger partial charge is 0.124 e. The maximum absolute atomic E-state index is 6.34. The molecule has 1 aliphatic heterocycles. The summed E-state index contributed by atoms with van der Waals surface area (Å²) in [5.41, 5.74) is 3.27. The summed E-state index contributed by atoms with van der Waals surface area (Å²) < 4.78 is 5.72. The predicted molar refractivity (Wildman–Crippen MR) is 88.7 cm³/mol. The molecule has 1 N–H and O–H groups in total. The summed E-state index contributed by atoms with van der Waals surface area (Å²) >= 11 is 6.34. The van der Waals surface area contributed by atoms with Crippen molar-refractivity contribution in [1.29, 1.82) is 0 Å². The van der Waals surface area contributed by atoms with Crippen LogP contribution < -0.4 is 15.0 Å². The summed E-state index contributed by atoms with van der Waals surface area (Å²) in [6, 6.07) is 14.4. The second-order valence-electron chi connectivity index (χ2n) is 5.40. The Morgan fingerprint density at radius 2 is 1.95 bits per heavy atom. The van der Waals surface area contributed by atoms with Gasteiger partial charge in [-0.15, -0.1) is 0 Å². The number of benzene rings is 2. The zero-order valence-electron chi connectivity index (χ0n) is 12.3. The van der Waals surface area contributed by atoms with Crippen LogP contribution in [0.1, 0.15) is 18.0 Å². The largest absolute Gasteiger partial charge is 0.493 e. The number of nitrogens with zero attached hydrogens (tertiary/aromatic N) is 1. The van der Waals surface area contributed by atoms with E-state index in [0.717, 1.165) is 35.2 Å². The molecule has 1 atom stereocenters. The standard InChI is InChI=1S/C17H19ClN2O/c1-20(2)17-13(18)7-5-8-15(17)19-14-10-11-21-16-9-4-3-6-12(14)16/h3-9,14,19H,10-11H2,1-2H3. The first-order chi connectivity index (χ1) is 10.2. The fourth-order valence-corrected chi connectivity index (χ4v) is 3.11. The number of nitrogens with one attached hydrogen (secondary N) is 1. The average Bonchev–Trinajstić information content (AvgIpc) is 2.47. The van der Waals surface area contributed by atoms with Crippen molar-refractivity contribution in [3.63, 3.8) is 0 Å². The van der Waals surface area contributed by atoms with Crippen LogP contribution in [0.15, 0.2) is 42.5 Å². The number of ether oxygens (including phenoxy) is 1. The van der Waals surface area contributed by atoms with Crippen molar-refractivity contribution in [2.75, 3.05) is 30.9 Å². The lowest BCUT2D eigenvalue weighted by Crippen LogP contribution is -2.21. The third-order valence-corrected chi connectivity index (χ3v) is 4.03. The molecular formula is C17H19ClN2O. The summed E-state index contributed by atoms with van der Waals surface area (Å²) in [7, 11) is 4.01. The summed E-state index contributed by atoms with van der Waals surface area (Å²) in [5.74, 6) is 0.967. The molecule has 3 nitrogen and oxygen atoms in total. The van der Waals surface area contributed by atoms with Gasteiger partial charge in [0.1, 0.15) is 5.75 Å². The molecule has 4 heteroatoms. The van der Waals surface area contributed by atoms with Crippen LogP contribution in [0.2, 0.25) is 5.02 Å². The van der Waals surface area contributed by atoms with E-state index in [1.54, 1.807) is 0 Å². The van der Waals surface area contributed by atoms with Crippen LogP contribution in [0, 0.1) is 0 Å². The normalized spacial score (nSPS) is 16.8. The fourth-order valence-electron chi connectivity index (χ4n) is 2.77. The molecule has 2 aromatic carbocycles. The average molecular weight is 303 g/mol. The van der Waals surface area contributed by atoms with Crippen LogP contribution in [0.5, 0.6) is 5.75 Å². The Hall–Kier alpha value is -1.87. The van der Waals surface area contributed by atoms with E-state index in [9.17, 15) is 0 Å². The molecule has 3 rings (SSSR count). The third kappa shape index (κ3) is 2.79. The molecule has 0 aromatic heterocycles. The van der Waals surface area contributed by atoms with Gasteiger partial charge in [-0.05, 0) is 18.2 Å². The number of anilines is 2. The molecule has 0 saturated carbocycles. The van der Waals surface area contributed by atoms with E-state index in [2.05, 4.69) is 17.4 Å². The number of rotatable bonds is 3. The summed E-state index contributed by atoms with van der Waals surface area (Å²) in [6.45, 7) is 0.729. The maximum atomic E-state index is 6.34. The quantitative estimate of drug-likeness (QED) is 0.912. The highest BCUT2D eigenvalue weighted by Gasteiger charge is 2.22. The summed E-state index contributed by atoms with van der Waals surface area (Å²) in [6.07, 6.45) is 0.941. The summed E-state index contributed by atoms with van der Waals surface area (Å²) in [5, 5.41) is 4.38. The molecule has 21 heavy (non-hydrogen) atoms. The molecule has 0 amide bonds. The van der Waals surface area contributed by atoms with Crippen molar-refractivity contribution < 1.29 is 4.74 Å². The number of halogens is 1. The molecule has 0 aliphatic carbocycles. The van der Waals surface area contributed by atoms with Crippen molar-refractivity contribution in [2.24, 2.45) is 0 Å². The van der Waals surface area contributed by atoms with Gasteiger partial charge in [-0.1, -0.05) is 35.9 Å². The number of hydrogen-bond donors (Lipinski definition) is 1. The predicted octanol–water partition coefficient (Wildman–Crippen LogP) is 4.34. The minimum atomic E-state index is 0.243. The van der Waals surface area contributed by atoms with Gasteiger partial charge in [0.25, 0.3) is 0 Å². The highest BCUT2D eigenvalue weighted by atomic mass is 35.5. The Kier molecular flexibility index (Phi) is 3.93. The molecule has 1 heterocycles. The lowest BCUT2D eigenvalue weighted by atomic mass is 10.00. The highest BCUT2D eigenvalue weighted by Crippen LogP contribution is 2.38. The monoisotopic (exact) mass is 302 g/mol. The molecule has 1 unspecified atom stereocenters. The van der Waals surface area contributed by atoms with Crippen LogP contribution in [0.3, 0.4) is 0 Å². The van der Waals surface area contributed by atoms with Gasteiger partial charge in [-0.3, -0.25) is 0 Å². The Bertz CT molecular complexity index is 642. The van der Waals surface area contributed by atoms with E-state index >= 15 is 0 Å². The molecule has 110 valence electrons. The van der Waals surface area contributed by atoms with E-state index < -0.39 is 0 Å². The van der Waals surface area contributed by atoms with Gasteiger partial charge in [0, 0.05) is 26.1 Å². The lowest BCUT2D eigenvalue weighted by Gasteiger charge is -2.29. The van der Waals surface area contributed by atoms with Crippen LogP contribution >= 0.6 is 11.6 Å². The Morgan fingerprint density at radius 3 is 2.76 bits per heavy atom. The first kappa shape index (κ1) is 14.1. The Morgan fingerprint density at radius 1 is 1.14 bits per heavy atom. The first-order valence-corrected chi connectivity index (χ1v) is 7.48. The lowest BCUT2D eigenvalue weighted by molar-refractivity contribution is 0.274. The molecule has 1 aliphatic rings. The third-order valence-electron chi connectivity index (χ3n) is 3.72. The van der Waals surface area contributed by atoms with Crippen LogP contribution in [0.25, 0.3) is 0 Å². The zero-order valence-corrected chi connectivity index (χ0v) is 13.0. The van der Waals surface area contributed by atoms with Crippen molar-refractivity contribution in [3.05, 3.63) is 53.1 Å². The maximum Gasteiger partial charge on any atom is 0.124 e.